The van der Waals surface area contributed by atoms with Gasteiger partial charge in [0.15, 0.2) is 11.5 Å². The number of hydrogen-bond donors (Lipinski definition) is 1. The Bertz CT molecular complexity index is 920. The Hall–Kier alpha value is -2.60. The Labute approximate surface area is 164 Å². The minimum absolute atomic E-state index is 0.109. The summed E-state index contributed by atoms with van der Waals surface area (Å²) in [7, 11) is 3.91. The van der Waals surface area contributed by atoms with Gasteiger partial charge in [0, 0.05) is 12.0 Å². The minimum atomic E-state index is -0.451. The third-order valence-corrected chi connectivity index (χ3v) is 6.27. The average molecular weight is 382 g/mol. The first-order valence-electron chi connectivity index (χ1n) is 9.90. The number of ether oxygens (including phenoxy) is 2. The number of hydrazone groups is 1. The molecule has 3 aliphatic heterocycles. The molecule has 2 aromatic rings. The van der Waals surface area contributed by atoms with E-state index in [9.17, 15) is 4.39 Å². The summed E-state index contributed by atoms with van der Waals surface area (Å²) in [5.41, 5.74) is 2.61. The molecule has 1 saturated heterocycles. The molecule has 0 unspecified atom stereocenters. The third kappa shape index (κ3) is 2.66. The largest absolute Gasteiger partial charge is 0.493 e. The molecule has 0 radical (unpaired) electrons. The molecule has 146 valence electrons. The number of nitrogens with zero attached hydrogens (tertiary/aromatic N) is 2. The van der Waals surface area contributed by atoms with Crippen LogP contribution in [0.1, 0.15) is 36.4 Å². The Balaban J connectivity index is 1.60. The van der Waals surface area contributed by atoms with E-state index < -0.39 is 5.72 Å². The van der Waals surface area contributed by atoms with Gasteiger partial charge in [-0.3, -0.25) is 0 Å². The Morgan fingerprint density at radius 3 is 2.64 bits per heavy atom. The van der Waals surface area contributed by atoms with E-state index in [2.05, 4.69) is 18.1 Å². The van der Waals surface area contributed by atoms with Crippen LogP contribution in [0.4, 0.5) is 4.39 Å². The van der Waals surface area contributed by atoms with Crippen LogP contribution >= 0.6 is 0 Å². The number of likely N-dealkylation sites (tertiary alicyclic amines) is 1. The zero-order valence-electron chi connectivity index (χ0n) is 16.2. The predicted molar refractivity (Wildman–Crippen MR) is 104 cm³/mol. The van der Waals surface area contributed by atoms with Gasteiger partial charge in [0.05, 0.1) is 51.8 Å². The first-order valence-corrected chi connectivity index (χ1v) is 9.90. The van der Waals surface area contributed by atoms with Crippen LogP contribution in [0.15, 0.2) is 47.6 Å². The number of halogens is 1. The van der Waals surface area contributed by atoms with Gasteiger partial charge in [0.2, 0.25) is 5.72 Å². The molecule has 1 spiro atoms. The molecule has 0 saturated carbocycles. The monoisotopic (exact) mass is 382 g/mol. The van der Waals surface area contributed by atoms with E-state index in [1.807, 2.05) is 24.3 Å². The molecular weight excluding hydrogens is 357 g/mol. The fraction of sp³-hybridized carbons (Fsp3) is 0.409. The van der Waals surface area contributed by atoms with Gasteiger partial charge in [-0.25, -0.2) is 9.40 Å². The quantitative estimate of drug-likeness (QED) is 0.867. The van der Waals surface area contributed by atoms with Gasteiger partial charge in [-0.15, -0.1) is 0 Å². The molecule has 1 fully saturated rings. The van der Waals surface area contributed by atoms with Crippen molar-refractivity contribution >= 4 is 5.71 Å². The lowest BCUT2D eigenvalue weighted by Gasteiger charge is -2.49. The van der Waals surface area contributed by atoms with Crippen molar-refractivity contribution in [3.8, 4) is 11.5 Å². The molecule has 0 aliphatic carbocycles. The van der Waals surface area contributed by atoms with E-state index in [4.69, 9.17) is 14.6 Å². The van der Waals surface area contributed by atoms with Crippen LogP contribution in [0.5, 0.6) is 11.5 Å². The van der Waals surface area contributed by atoms with Crippen molar-refractivity contribution in [1.82, 2.24) is 5.01 Å². The highest BCUT2D eigenvalue weighted by atomic mass is 19.1. The normalized spacial score (nSPS) is 28.4. The number of benzene rings is 2. The van der Waals surface area contributed by atoms with Crippen LogP contribution in [0.25, 0.3) is 0 Å². The molecule has 5 rings (SSSR count). The molecule has 5 nitrogen and oxygen atoms in total. The first-order chi connectivity index (χ1) is 13.6. The van der Waals surface area contributed by atoms with E-state index in [1.165, 1.54) is 17.0 Å². The third-order valence-electron chi connectivity index (χ3n) is 6.27. The number of hydrogen-bond acceptors (Lipinski definition) is 4. The van der Waals surface area contributed by atoms with Crippen LogP contribution in [0, 0.1) is 5.82 Å². The van der Waals surface area contributed by atoms with E-state index in [0.29, 0.717) is 0 Å². The molecule has 1 N–H and O–H groups in total. The number of quaternary nitrogens is 1. The second-order valence-electron chi connectivity index (χ2n) is 8.00. The number of para-hydroxylation sites is 1. The van der Waals surface area contributed by atoms with Crippen molar-refractivity contribution in [2.75, 3.05) is 27.2 Å². The van der Waals surface area contributed by atoms with Crippen molar-refractivity contribution < 1.29 is 18.8 Å². The molecule has 2 aromatic carbocycles. The molecule has 0 amide bonds. The molecular formula is C22H25FN3O2+. The molecule has 3 aliphatic rings. The Morgan fingerprint density at radius 2 is 1.93 bits per heavy atom. The number of nitrogens with one attached hydrogen (secondary N) is 1. The molecule has 1 atom stereocenters. The maximum absolute atomic E-state index is 13.4. The highest BCUT2D eigenvalue weighted by molar-refractivity contribution is 6.02. The van der Waals surface area contributed by atoms with Gasteiger partial charge in [0.1, 0.15) is 5.82 Å². The summed E-state index contributed by atoms with van der Waals surface area (Å²) >= 11 is 0. The van der Waals surface area contributed by atoms with Crippen LogP contribution in [-0.2, 0) is 0 Å². The Morgan fingerprint density at radius 1 is 1.18 bits per heavy atom. The number of fused-ring (bicyclic) bond motifs is 4. The summed E-state index contributed by atoms with van der Waals surface area (Å²) < 4.78 is 25.7. The van der Waals surface area contributed by atoms with Gasteiger partial charge in [0.25, 0.3) is 0 Å². The topological polar surface area (TPSA) is 38.5 Å². The molecule has 0 aromatic heterocycles. The van der Waals surface area contributed by atoms with Gasteiger partial charge in [-0.1, -0.05) is 24.3 Å². The number of methoxy groups -OCH3 is 1. The average Bonchev–Trinajstić information content (AvgIpc) is 3.17. The van der Waals surface area contributed by atoms with Crippen molar-refractivity contribution in [2.24, 2.45) is 5.10 Å². The van der Waals surface area contributed by atoms with Crippen molar-refractivity contribution in [3.05, 3.63) is 59.4 Å². The van der Waals surface area contributed by atoms with Crippen molar-refractivity contribution in [2.45, 2.75) is 31.0 Å². The van der Waals surface area contributed by atoms with Crippen molar-refractivity contribution in [3.63, 3.8) is 0 Å². The zero-order chi connectivity index (χ0) is 19.3. The standard InChI is InChI=1S/C22H24FN3O2/c1-25-12-10-22(11-13-25)26-19(17-4-3-5-20(27-2)21(17)28-22)14-18(24-26)15-6-8-16(23)9-7-15/h3-9,19H,10-14H2,1-2H3/p+1/t19-/m0/s1. The first kappa shape index (κ1) is 17.5. The lowest BCUT2D eigenvalue weighted by Crippen LogP contribution is -3.11. The predicted octanol–water partition coefficient (Wildman–Crippen LogP) is 2.38. The van der Waals surface area contributed by atoms with E-state index in [0.717, 1.165) is 60.7 Å². The number of piperidine rings is 1. The lowest BCUT2D eigenvalue weighted by molar-refractivity contribution is -0.888. The van der Waals surface area contributed by atoms with Gasteiger partial charge in [-0.05, 0) is 23.8 Å². The van der Waals surface area contributed by atoms with Gasteiger partial charge in [-0.2, -0.15) is 5.10 Å². The van der Waals surface area contributed by atoms with Gasteiger partial charge < -0.3 is 14.4 Å². The van der Waals surface area contributed by atoms with Gasteiger partial charge >= 0.3 is 0 Å². The van der Waals surface area contributed by atoms with Crippen LogP contribution in [0.2, 0.25) is 0 Å². The summed E-state index contributed by atoms with van der Waals surface area (Å²) in [6, 6.07) is 12.8. The Kier molecular flexibility index (Phi) is 4.05. The summed E-state index contributed by atoms with van der Waals surface area (Å²) in [6.45, 7) is 2.07. The van der Waals surface area contributed by atoms with E-state index in [1.54, 1.807) is 7.11 Å². The summed E-state index contributed by atoms with van der Waals surface area (Å²) in [5.74, 6) is 1.40. The highest BCUT2D eigenvalue weighted by Gasteiger charge is 2.53. The molecule has 3 heterocycles. The zero-order valence-corrected chi connectivity index (χ0v) is 16.2. The van der Waals surface area contributed by atoms with Crippen LogP contribution in [-0.4, -0.2) is 43.7 Å². The smallest absolute Gasteiger partial charge is 0.209 e. The summed E-state index contributed by atoms with van der Waals surface area (Å²) in [4.78, 5) is 1.51. The van der Waals surface area contributed by atoms with E-state index >= 15 is 0 Å². The number of rotatable bonds is 2. The fourth-order valence-electron chi connectivity index (χ4n) is 4.65. The van der Waals surface area contributed by atoms with Crippen molar-refractivity contribution in [1.29, 1.82) is 0 Å². The SMILES string of the molecule is COc1cccc2c1OC1(CC[NH+](C)CC1)N1N=C(c3ccc(F)cc3)C[C@@H]21. The summed E-state index contributed by atoms with van der Waals surface area (Å²) in [6.07, 6.45) is 2.60. The minimum Gasteiger partial charge on any atom is -0.493 e. The molecule has 6 heteroatoms. The second-order valence-corrected chi connectivity index (χ2v) is 8.00. The fourth-order valence-corrected chi connectivity index (χ4v) is 4.65. The van der Waals surface area contributed by atoms with Crippen LogP contribution < -0.4 is 14.4 Å². The highest BCUT2D eigenvalue weighted by Crippen LogP contribution is 2.52. The second kappa shape index (κ2) is 6.48. The molecule has 28 heavy (non-hydrogen) atoms. The maximum Gasteiger partial charge on any atom is 0.209 e. The van der Waals surface area contributed by atoms with E-state index in [-0.39, 0.29) is 11.9 Å². The van der Waals surface area contributed by atoms with Crippen LogP contribution in [0.3, 0.4) is 0 Å². The molecule has 0 bridgehead atoms. The summed E-state index contributed by atoms with van der Waals surface area (Å²) in [5, 5.41) is 7.20. The maximum atomic E-state index is 13.4. The lowest BCUT2D eigenvalue weighted by atomic mass is 9.90.